The first-order chi connectivity index (χ1) is 7.47. The van der Waals surface area contributed by atoms with E-state index in [1.807, 2.05) is 36.4 Å². The van der Waals surface area contributed by atoms with Crippen molar-refractivity contribution in [2.45, 2.75) is 6.42 Å². The molecule has 0 unspecified atom stereocenters. The van der Waals surface area contributed by atoms with Gasteiger partial charge in [0.15, 0.2) is 0 Å². The van der Waals surface area contributed by atoms with E-state index in [0.29, 0.717) is 0 Å². The van der Waals surface area contributed by atoms with E-state index in [1.165, 1.54) is 11.1 Å². The van der Waals surface area contributed by atoms with Crippen molar-refractivity contribution in [3.05, 3.63) is 77.9 Å². The molecule has 0 spiro atoms. The van der Waals surface area contributed by atoms with Gasteiger partial charge in [0.25, 0.3) is 0 Å². The lowest BCUT2D eigenvalue weighted by atomic mass is 10.1. The number of rotatable bonds is 0. The highest BCUT2D eigenvalue weighted by atomic mass is 14.0. The van der Waals surface area contributed by atoms with Crippen LogP contribution in [0.2, 0.25) is 0 Å². The Morgan fingerprint density at radius 2 is 1.27 bits per heavy atom. The molecule has 0 fully saturated rings. The predicted octanol–water partition coefficient (Wildman–Crippen LogP) is 3.94. The molecule has 0 heterocycles. The molecular formula is C15H14. The molecule has 1 aliphatic carbocycles. The van der Waals surface area contributed by atoms with Crippen LogP contribution in [0.3, 0.4) is 0 Å². The van der Waals surface area contributed by atoms with Crippen molar-refractivity contribution < 1.29 is 0 Å². The van der Waals surface area contributed by atoms with Crippen LogP contribution in [0.15, 0.2) is 66.7 Å². The molecule has 0 atom stereocenters. The second-order valence-electron chi connectivity index (χ2n) is 3.46. The molecule has 0 bridgehead atoms. The molecule has 0 aromatic heterocycles. The maximum Gasteiger partial charge on any atom is -0.00882 e. The normalized spacial score (nSPS) is 11.5. The zero-order valence-electron chi connectivity index (χ0n) is 8.64. The highest BCUT2D eigenvalue weighted by Crippen LogP contribution is 2.17. The summed E-state index contributed by atoms with van der Waals surface area (Å²) in [4.78, 5) is 0. The fourth-order valence-electron chi connectivity index (χ4n) is 1.58. The molecule has 0 saturated heterocycles. The quantitative estimate of drug-likeness (QED) is 0.596. The summed E-state index contributed by atoms with van der Waals surface area (Å²) in [5, 5.41) is 0. The third-order valence-electron chi connectivity index (χ3n) is 2.36. The monoisotopic (exact) mass is 194 g/mol. The molecule has 3 rings (SSSR count). The minimum atomic E-state index is 1.12. The van der Waals surface area contributed by atoms with Crippen LogP contribution in [0.5, 0.6) is 0 Å². The average molecular weight is 194 g/mol. The molecule has 0 heteroatoms. The molecule has 15 heavy (non-hydrogen) atoms. The highest BCUT2D eigenvalue weighted by molar-refractivity contribution is 5.59. The van der Waals surface area contributed by atoms with E-state index in [0.717, 1.165) is 6.42 Å². The summed E-state index contributed by atoms with van der Waals surface area (Å²) in [5.74, 6) is 0. The van der Waals surface area contributed by atoms with E-state index in [1.54, 1.807) is 0 Å². The number of hydrogen-bond donors (Lipinski definition) is 0. The summed E-state index contributed by atoms with van der Waals surface area (Å²) in [7, 11) is 0. The molecule has 2 aromatic rings. The molecule has 1 aliphatic rings. The van der Waals surface area contributed by atoms with Crippen molar-refractivity contribution in [1.29, 1.82) is 0 Å². The molecule has 74 valence electrons. The zero-order valence-corrected chi connectivity index (χ0v) is 8.64. The fourth-order valence-corrected chi connectivity index (χ4v) is 1.58. The van der Waals surface area contributed by atoms with E-state index in [4.69, 9.17) is 0 Å². The summed E-state index contributed by atoms with van der Waals surface area (Å²) in [6.07, 6.45) is 5.50. The van der Waals surface area contributed by atoms with Crippen LogP contribution in [0, 0.1) is 0 Å². The third kappa shape index (κ3) is 2.81. The first-order valence-corrected chi connectivity index (χ1v) is 5.21. The van der Waals surface area contributed by atoms with Gasteiger partial charge in [0.1, 0.15) is 0 Å². The van der Waals surface area contributed by atoms with Gasteiger partial charge < -0.3 is 0 Å². The number of allylic oxidation sites excluding steroid dienone is 1. The van der Waals surface area contributed by atoms with E-state index >= 15 is 0 Å². The zero-order chi connectivity index (χ0) is 10.3. The minimum absolute atomic E-state index is 1.12. The van der Waals surface area contributed by atoms with Gasteiger partial charge in [0.2, 0.25) is 0 Å². The Hall–Kier alpha value is -1.82. The highest BCUT2D eigenvalue weighted by Gasteiger charge is 2.00. The molecule has 0 radical (unpaired) electrons. The lowest BCUT2D eigenvalue weighted by Gasteiger charge is -1.93. The van der Waals surface area contributed by atoms with Crippen LogP contribution in [0.4, 0.5) is 0 Å². The Labute approximate surface area is 90.9 Å². The van der Waals surface area contributed by atoms with E-state index in [-0.39, 0.29) is 0 Å². The Kier molecular flexibility index (Phi) is 3.34. The molecule has 0 nitrogen and oxygen atoms in total. The van der Waals surface area contributed by atoms with Gasteiger partial charge >= 0.3 is 0 Å². The lowest BCUT2D eigenvalue weighted by molar-refractivity contribution is 1.31. The summed E-state index contributed by atoms with van der Waals surface area (Å²) in [5.41, 5.74) is 2.84. The topological polar surface area (TPSA) is 0 Å². The van der Waals surface area contributed by atoms with E-state index < -0.39 is 0 Å². The maximum absolute atomic E-state index is 2.20. The van der Waals surface area contributed by atoms with Crippen LogP contribution >= 0.6 is 0 Å². The van der Waals surface area contributed by atoms with Crippen molar-refractivity contribution in [1.82, 2.24) is 0 Å². The first-order valence-electron chi connectivity index (χ1n) is 5.21. The van der Waals surface area contributed by atoms with Crippen molar-refractivity contribution in [3.63, 3.8) is 0 Å². The first kappa shape index (κ1) is 9.72. The van der Waals surface area contributed by atoms with Gasteiger partial charge in [0, 0.05) is 0 Å². The molecule has 0 aliphatic heterocycles. The Bertz CT molecular complexity index is 400. The standard InChI is InChI=1S/C9H8.C6H6/c1-2-5-9-7-3-6-8(9)4-1;1-2-4-6-5-3-1/h1-6H,7H2;1-6H. The fraction of sp³-hybridized carbons (Fsp3) is 0.0667. The van der Waals surface area contributed by atoms with Crippen LogP contribution in [0.25, 0.3) is 6.08 Å². The second kappa shape index (κ2) is 5.16. The number of hydrogen-bond acceptors (Lipinski definition) is 0. The van der Waals surface area contributed by atoms with Crippen molar-refractivity contribution in [2.75, 3.05) is 0 Å². The predicted molar refractivity (Wildman–Crippen MR) is 65.6 cm³/mol. The Balaban J connectivity index is 0.000000124. The molecule has 0 amide bonds. The molecule has 0 N–H and O–H groups in total. The lowest BCUT2D eigenvalue weighted by Crippen LogP contribution is -1.76. The second-order valence-corrected chi connectivity index (χ2v) is 3.46. The molecule has 0 saturated carbocycles. The van der Waals surface area contributed by atoms with Crippen molar-refractivity contribution >= 4 is 6.08 Å². The minimum Gasteiger partial charge on any atom is -0.0795 e. The Morgan fingerprint density at radius 3 is 1.87 bits per heavy atom. The van der Waals surface area contributed by atoms with E-state index in [9.17, 15) is 0 Å². The summed E-state index contributed by atoms with van der Waals surface area (Å²) in [6, 6.07) is 20.5. The van der Waals surface area contributed by atoms with Gasteiger partial charge in [0.05, 0.1) is 0 Å². The van der Waals surface area contributed by atoms with Gasteiger partial charge in [-0.1, -0.05) is 72.8 Å². The van der Waals surface area contributed by atoms with Gasteiger partial charge in [-0.15, -0.1) is 0 Å². The van der Waals surface area contributed by atoms with Gasteiger partial charge in [-0.25, -0.2) is 0 Å². The summed E-state index contributed by atoms with van der Waals surface area (Å²) < 4.78 is 0. The van der Waals surface area contributed by atoms with Gasteiger partial charge in [-0.3, -0.25) is 0 Å². The number of fused-ring (bicyclic) bond motifs is 1. The van der Waals surface area contributed by atoms with Crippen molar-refractivity contribution in [2.24, 2.45) is 0 Å². The van der Waals surface area contributed by atoms with Gasteiger partial charge in [-0.05, 0) is 17.5 Å². The molecular weight excluding hydrogens is 180 g/mol. The average Bonchev–Trinajstić information content (AvgIpc) is 2.80. The van der Waals surface area contributed by atoms with Gasteiger partial charge in [-0.2, -0.15) is 0 Å². The maximum atomic E-state index is 2.20. The SMILES string of the molecule is C1=Cc2ccccc2C1.c1ccccc1. The van der Waals surface area contributed by atoms with Crippen LogP contribution in [0.1, 0.15) is 11.1 Å². The van der Waals surface area contributed by atoms with Crippen LogP contribution in [-0.2, 0) is 6.42 Å². The smallest absolute Gasteiger partial charge is 0.00882 e. The number of benzene rings is 2. The van der Waals surface area contributed by atoms with Crippen molar-refractivity contribution in [3.8, 4) is 0 Å². The van der Waals surface area contributed by atoms with Crippen LogP contribution in [-0.4, -0.2) is 0 Å². The summed E-state index contributed by atoms with van der Waals surface area (Å²) in [6.45, 7) is 0. The largest absolute Gasteiger partial charge is 0.0795 e. The molecule has 2 aromatic carbocycles. The summed E-state index contributed by atoms with van der Waals surface area (Å²) >= 11 is 0. The van der Waals surface area contributed by atoms with E-state index in [2.05, 4.69) is 36.4 Å². The Morgan fingerprint density at radius 1 is 0.667 bits per heavy atom. The van der Waals surface area contributed by atoms with Crippen LogP contribution < -0.4 is 0 Å². The third-order valence-corrected chi connectivity index (χ3v) is 2.36.